The van der Waals surface area contributed by atoms with Crippen molar-refractivity contribution in [1.29, 1.82) is 0 Å². The van der Waals surface area contributed by atoms with Crippen molar-refractivity contribution >= 4 is 26.7 Å². The summed E-state index contributed by atoms with van der Waals surface area (Å²) in [6.45, 7) is 0.712. The average Bonchev–Trinajstić information content (AvgIpc) is 2.82. The molecule has 0 spiro atoms. The maximum Gasteiger partial charge on any atom is 0.238 e. The first kappa shape index (κ1) is 12.9. The molecular formula is C10H12N4O2S2. The molecule has 0 aliphatic heterocycles. The minimum Gasteiger partial charge on any atom is -0.360 e. The number of benzene rings is 1. The summed E-state index contributed by atoms with van der Waals surface area (Å²) in [7, 11) is -3.61. The Bertz CT molecular complexity index is 593. The van der Waals surface area contributed by atoms with Crippen LogP contribution in [0, 0.1) is 0 Å². The molecule has 1 aromatic heterocycles. The Hall–Kier alpha value is -1.51. The van der Waals surface area contributed by atoms with Crippen molar-refractivity contribution in [1.82, 2.24) is 9.36 Å². The van der Waals surface area contributed by atoms with Crippen molar-refractivity contribution in [3.05, 3.63) is 36.2 Å². The lowest BCUT2D eigenvalue weighted by atomic mass is 10.1. The average molecular weight is 284 g/mol. The van der Waals surface area contributed by atoms with Gasteiger partial charge in [-0.15, -0.1) is 0 Å². The molecule has 6 nitrogen and oxygen atoms in total. The monoisotopic (exact) mass is 284 g/mol. The van der Waals surface area contributed by atoms with Gasteiger partial charge in [-0.25, -0.2) is 18.5 Å². The number of sulfonamides is 1. The van der Waals surface area contributed by atoms with Crippen LogP contribution in [-0.4, -0.2) is 24.3 Å². The molecule has 1 aromatic carbocycles. The fourth-order valence-corrected chi connectivity index (χ4v) is 2.38. The van der Waals surface area contributed by atoms with Gasteiger partial charge in [0.2, 0.25) is 15.2 Å². The van der Waals surface area contributed by atoms with Crippen LogP contribution in [0.15, 0.2) is 35.5 Å². The molecule has 0 saturated heterocycles. The van der Waals surface area contributed by atoms with Crippen LogP contribution in [0.4, 0.5) is 5.13 Å². The highest BCUT2D eigenvalue weighted by atomic mass is 32.2. The zero-order chi connectivity index (χ0) is 13.0. The highest BCUT2D eigenvalue weighted by Crippen LogP contribution is 2.10. The third-order valence-electron chi connectivity index (χ3n) is 2.30. The molecule has 2 rings (SSSR count). The lowest BCUT2D eigenvalue weighted by Crippen LogP contribution is -2.12. The number of rotatable bonds is 5. The van der Waals surface area contributed by atoms with E-state index in [1.807, 2.05) is 0 Å². The van der Waals surface area contributed by atoms with Crippen molar-refractivity contribution in [2.45, 2.75) is 11.3 Å². The number of hydrogen-bond acceptors (Lipinski definition) is 6. The number of nitrogens with zero attached hydrogens (tertiary/aromatic N) is 2. The standard InChI is InChI=1S/C10H12N4O2S2/c11-18(15,16)9-3-1-8(2-4-9)5-6-12-10-13-7-14-17-10/h1-4,7H,5-6H2,(H2,11,15,16)(H,12,13,14). The summed E-state index contributed by atoms with van der Waals surface area (Å²) in [5, 5.41) is 8.91. The molecule has 0 radical (unpaired) electrons. The summed E-state index contributed by atoms with van der Waals surface area (Å²) in [6.07, 6.45) is 2.26. The molecule has 2 aromatic rings. The second kappa shape index (κ2) is 5.42. The molecule has 1 heterocycles. The van der Waals surface area contributed by atoms with Crippen molar-refractivity contribution < 1.29 is 8.42 Å². The Balaban J connectivity index is 1.91. The van der Waals surface area contributed by atoms with E-state index in [-0.39, 0.29) is 4.90 Å². The van der Waals surface area contributed by atoms with Gasteiger partial charge in [-0.2, -0.15) is 4.37 Å². The Morgan fingerprint density at radius 2 is 2.00 bits per heavy atom. The van der Waals surface area contributed by atoms with Gasteiger partial charge in [-0.05, 0) is 24.1 Å². The van der Waals surface area contributed by atoms with Crippen molar-refractivity contribution in [3.8, 4) is 0 Å². The third-order valence-corrected chi connectivity index (χ3v) is 3.85. The van der Waals surface area contributed by atoms with Crippen LogP contribution >= 0.6 is 11.5 Å². The Morgan fingerprint density at radius 3 is 2.56 bits per heavy atom. The van der Waals surface area contributed by atoms with E-state index in [9.17, 15) is 8.42 Å². The van der Waals surface area contributed by atoms with Gasteiger partial charge in [0.05, 0.1) is 4.90 Å². The zero-order valence-corrected chi connectivity index (χ0v) is 11.0. The van der Waals surface area contributed by atoms with Gasteiger partial charge < -0.3 is 5.32 Å². The number of aromatic nitrogens is 2. The van der Waals surface area contributed by atoms with Crippen LogP contribution in [0.2, 0.25) is 0 Å². The van der Waals surface area contributed by atoms with Crippen LogP contribution in [0.25, 0.3) is 0 Å². The Kier molecular flexibility index (Phi) is 3.90. The maximum absolute atomic E-state index is 11.1. The topological polar surface area (TPSA) is 98.0 Å². The van der Waals surface area contributed by atoms with E-state index in [0.29, 0.717) is 6.54 Å². The van der Waals surface area contributed by atoms with Crippen molar-refractivity contribution in [2.75, 3.05) is 11.9 Å². The van der Waals surface area contributed by atoms with E-state index < -0.39 is 10.0 Å². The van der Waals surface area contributed by atoms with Crippen LogP contribution in [0.5, 0.6) is 0 Å². The second-order valence-electron chi connectivity index (χ2n) is 3.61. The molecule has 3 N–H and O–H groups in total. The Morgan fingerprint density at radius 1 is 1.28 bits per heavy atom. The lowest BCUT2D eigenvalue weighted by Gasteiger charge is -2.03. The largest absolute Gasteiger partial charge is 0.360 e. The van der Waals surface area contributed by atoms with E-state index in [4.69, 9.17) is 5.14 Å². The lowest BCUT2D eigenvalue weighted by molar-refractivity contribution is 0.598. The molecule has 0 fully saturated rings. The summed E-state index contributed by atoms with van der Waals surface area (Å²) >= 11 is 1.30. The predicted octanol–water partition coefficient (Wildman–Crippen LogP) is 0.840. The predicted molar refractivity (Wildman–Crippen MR) is 69.9 cm³/mol. The molecular weight excluding hydrogens is 272 g/mol. The number of anilines is 1. The minimum absolute atomic E-state index is 0.128. The van der Waals surface area contributed by atoms with Crippen molar-refractivity contribution in [3.63, 3.8) is 0 Å². The van der Waals surface area contributed by atoms with Gasteiger partial charge in [0.15, 0.2) is 0 Å². The molecule has 0 unspecified atom stereocenters. The van der Waals surface area contributed by atoms with E-state index in [0.717, 1.165) is 17.1 Å². The molecule has 0 aliphatic rings. The third kappa shape index (κ3) is 3.49. The summed E-state index contributed by atoms with van der Waals surface area (Å²) < 4.78 is 26.0. The number of hydrogen-bond donors (Lipinski definition) is 2. The molecule has 0 amide bonds. The molecule has 0 saturated carbocycles. The van der Waals surface area contributed by atoms with Crippen LogP contribution in [0.3, 0.4) is 0 Å². The minimum atomic E-state index is -3.61. The molecule has 18 heavy (non-hydrogen) atoms. The van der Waals surface area contributed by atoms with Crippen LogP contribution in [-0.2, 0) is 16.4 Å². The fraction of sp³-hybridized carbons (Fsp3) is 0.200. The second-order valence-corrected chi connectivity index (χ2v) is 5.95. The highest BCUT2D eigenvalue weighted by molar-refractivity contribution is 7.89. The summed E-state index contributed by atoms with van der Waals surface area (Å²) in [5.41, 5.74) is 1.03. The Labute approximate surface area is 109 Å². The van der Waals surface area contributed by atoms with Gasteiger partial charge in [0, 0.05) is 18.1 Å². The quantitative estimate of drug-likeness (QED) is 0.848. The first-order valence-electron chi connectivity index (χ1n) is 5.18. The summed E-state index contributed by atoms with van der Waals surface area (Å²) in [5.74, 6) is 0. The molecule has 0 atom stereocenters. The van der Waals surface area contributed by atoms with E-state index in [2.05, 4.69) is 14.7 Å². The summed E-state index contributed by atoms with van der Waals surface area (Å²) in [6, 6.07) is 6.52. The molecule has 0 aliphatic carbocycles. The highest BCUT2D eigenvalue weighted by Gasteiger charge is 2.06. The summed E-state index contributed by atoms with van der Waals surface area (Å²) in [4.78, 5) is 4.12. The van der Waals surface area contributed by atoms with E-state index in [1.165, 1.54) is 30.0 Å². The maximum atomic E-state index is 11.1. The van der Waals surface area contributed by atoms with Crippen LogP contribution < -0.4 is 10.5 Å². The van der Waals surface area contributed by atoms with Crippen molar-refractivity contribution in [2.24, 2.45) is 5.14 Å². The number of nitrogens with one attached hydrogen (secondary N) is 1. The zero-order valence-electron chi connectivity index (χ0n) is 9.41. The van der Waals surface area contributed by atoms with Gasteiger partial charge >= 0.3 is 0 Å². The molecule has 8 heteroatoms. The van der Waals surface area contributed by atoms with Crippen LogP contribution in [0.1, 0.15) is 5.56 Å². The molecule has 96 valence electrons. The first-order chi connectivity index (χ1) is 8.55. The van der Waals surface area contributed by atoms with Gasteiger partial charge in [0.25, 0.3) is 0 Å². The normalized spacial score (nSPS) is 11.4. The van der Waals surface area contributed by atoms with Gasteiger partial charge in [0.1, 0.15) is 6.33 Å². The number of primary sulfonamides is 1. The SMILES string of the molecule is NS(=O)(=O)c1ccc(CCNc2ncns2)cc1. The smallest absolute Gasteiger partial charge is 0.238 e. The van der Waals surface area contributed by atoms with Gasteiger partial charge in [-0.1, -0.05) is 12.1 Å². The number of nitrogens with two attached hydrogens (primary N) is 1. The molecule has 0 bridgehead atoms. The van der Waals surface area contributed by atoms with Gasteiger partial charge in [-0.3, -0.25) is 0 Å². The van der Waals surface area contributed by atoms with E-state index >= 15 is 0 Å². The fourth-order valence-electron chi connectivity index (χ4n) is 1.41. The van der Waals surface area contributed by atoms with E-state index in [1.54, 1.807) is 12.1 Å². The first-order valence-corrected chi connectivity index (χ1v) is 7.50.